The fourth-order valence-corrected chi connectivity index (χ4v) is 3.62. The van der Waals surface area contributed by atoms with E-state index < -0.39 is 0 Å². The van der Waals surface area contributed by atoms with Gasteiger partial charge in [0, 0.05) is 45.5 Å². The van der Waals surface area contributed by atoms with Crippen LogP contribution < -0.4 is 5.73 Å². The van der Waals surface area contributed by atoms with Gasteiger partial charge in [-0.15, -0.1) is 0 Å². The number of morpholine rings is 1. The maximum Gasteiger partial charge on any atom is 0.0824 e. The van der Waals surface area contributed by atoms with E-state index in [9.17, 15) is 0 Å². The van der Waals surface area contributed by atoms with Crippen LogP contribution in [0.5, 0.6) is 0 Å². The van der Waals surface area contributed by atoms with Gasteiger partial charge in [0.05, 0.1) is 18.3 Å². The Balaban J connectivity index is 1.61. The van der Waals surface area contributed by atoms with Gasteiger partial charge in [0.2, 0.25) is 0 Å². The Labute approximate surface area is 115 Å². The molecule has 2 atom stereocenters. The second-order valence-electron chi connectivity index (χ2n) is 6.01. The Morgan fingerprint density at radius 1 is 1.16 bits per heavy atom. The predicted molar refractivity (Wildman–Crippen MR) is 72.1 cm³/mol. The van der Waals surface area contributed by atoms with Crippen molar-refractivity contribution in [3.8, 4) is 0 Å². The van der Waals surface area contributed by atoms with Crippen molar-refractivity contribution in [2.75, 3.05) is 46.1 Å². The molecule has 1 spiro atoms. The van der Waals surface area contributed by atoms with E-state index in [0.29, 0.717) is 12.6 Å². The molecule has 19 heavy (non-hydrogen) atoms. The zero-order valence-corrected chi connectivity index (χ0v) is 11.7. The Morgan fingerprint density at radius 3 is 2.79 bits per heavy atom. The molecule has 0 bridgehead atoms. The summed E-state index contributed by atoms with van der Waals surface area (Å²) in [6, 6.07) is 0.629. The third-order valence-electron chi connectivity index (χ3n) is 4.82. The largest absolute Gasteiger partial charge is 0.381 e. The zero-order valence-electron chi connectivity index (χ0n) is 11.7. The van der Waals surface area contributed by atoms with Crippen LogP contribution in [0, 0.1) is 0 Å². The van der Waals surface area contributed by atoms with Crippen LogP contribution in [0.4, 0.5) is 0 Å². The summed E-state index contributed by atoms with van der Waals surface area (Å²) < 4.78 is 17.3. The van der Waals surface area contributed by atoms with Crippen molar-refractivity contribution in [2.45, 2.75) is 43.4 Å². The van der Waals surface area contributed by atoms with E-state index in [0.717, 1.165) is 65.2 Å². The lowest BCUT2D eigenvalue weighted by Crippen LogP contribution is -2.55. The topological polar surface area (TPSA) is 57.0 Å². The fraction of sp³-hybridized carbons (Fsp3) is 1.00. The molecule has 0 aliphatic carbocycles. The van der Waals surface area contributed by atoms with E-state index >= 15 is 0 Å². The number of hydrogen-bond donors (Lipinski definition) is 1. The van der Waals surface area contributed by atoms with Gasteiger partial charge in [0.1, 0.15) is 0 Å². The summed E-state index contributed by atoms with van der Waals surface area (Å²) >= 11 is 0. The minimum Gasteiger partial charge on any atom is -0.381 e. The van der Waals surface area contributed by atoms with E-state index in [1.54, 1.807) is 0 Å². The van der Waals surface area contributed by atoms with E-state index in [1.807, 2.05) is 0 Å². The first kappa shape index (κ1) is 13.8. The first-order valence-corrected chi connectivity index (χ1v) is 7.59. The number of ether oxygens (including phenoxy) is 3. The molecule has 0 amide bonds. The molecule has 0 aromatic rings. The van der Waals surface area contributed by atoms with Gasteiger partial charge in [-0.1, -0.05) is 0 Å². The van der Waals surface area contributed by atoms with Crippen LogP contribution >= 0.6 is 0 Å². The summed E-state index contributed by atoms with van der Waals surface area (Å²) in [6.07, 6.45) is 4.60. The first-order chi connectivity index (χ1) is 9.31. The van der Waals surface area contributed by atoms with Gasteiger partial charge in [0.15, 0.2) is 0 Å². The molecule has 0 aromatic carbocycles. The lowest BCUT2D eigenvalue weighted by Gasteiger charge is -2.48. The van der Waals surface area contributed by atoms with E-state index in [1.165, 1.54) is 0 Å². The number of rotatable bonds is 2. The second kappa shape index (κ2) is 6.06. The molecule has 3 fully saturated rings. The average molecular weight is 270 g/mol. The Bertz CT molecular complexity index is 289. The van der Waals surface area contributed by atoms with Gasteiger partial charge < -0.3 is 19.9 Å². The molecule has 0 radical (unpaired) electrons. The van der Waals surface area contributed by atoms with Gasteiger partial charge in [-0.05, 0) is 25.7 Å². The minimum atomic E-state index is 0.0810. The normalized spacial score (nSPS) is 36.5. The summed E-state index contributed by atoms with van der Waals surface area (Å²) in [5.74, 6) is 0. The predicted octanol–water partition coefficient (Wildman–Crippen LogP) is 0.374. The standard InChI is InChI=1S/C14H26N2O3/c15-10-13-11-16(4-8-18-13)12-1-5-19-14(9-12)2-6-17-7-3-14/h12-13H,1-11,15H2. The van der Waals surface area contributed by atoms with E-state index in [-0.39, 0.29) is 11.7 Å². The summed E-state index contributed by atoms with van der Waals surface area (Å²) in [5.41, 5.74) is 5.82. The molecule has 2 N–H and O–H groups in total. The molecule has 0 saturated carbocycles. The molecule has 3 aliphatic rings. The minimum absolute atomic E-state index is 0.0810. The van der Waals surface area contributed by atoms with Crippen molar-refractivity contribution in [3.63, 3.8) is 0 Å². The molecule has 5 nitrogen and oxygen atoms in total. The molecular formula is C14H26N2O3. The van der Waals surface area contributed by atoms with Gasteiger partial charge in [-0.3, -0.25) is 4.90 Å². The lowest BCUT2D eigenvalue weighted by atomic mass is 9.83. The molecule has 5 heteroatoms. The van der Waals surface area contributed by atoms with Gasteiger partial charge >= 0.3 is 0 Å². The zero-order chi connectivity index (χ0) is 13.1. The highest BCUT2D eigenvalue weighted by Gasteiger charge is 2.41. The maximum atomic E-state index is 6.12. The monoisotopic (exact) mass is 270 g/mol. The highest BCUT2D eigenvalue weighted by molar-refractivity contribution is 4.93. The third kappa shape index (κ3) is 3.11. The summed E-state index contributed by atoms with van der Waals surface area (Å²) in [5, 5.41) is 0. The average Bonchev–Trinajstić information content (AvgIpc) is 2.48. The molecule has 110 valence electrons. The molecule has 0 aromatic heterocycles. The van der Waals surface area contributed by atoms with Gasteiger partial charge in [0.25, 0.3) is 0 Å². The van der Waals surface area contributed by atoms with Crippen molar-refractivity contribution in [2.24, 2.45) is 5.73 Å². The summed E-state index contributed by atoms with van der Waals surface area (Å²) in [6.45, 7) is 6.04. The second-order valence-corrected chi connectivity index (χ2v) is 6.01. The van der Waals surface area contributed by atoms with Crippen LogP contribution in [-0.2, 0) is 14.2 Å². The van der Waals surface area contributed by atoms with Crippen LogP contribution in [0.1, 0.15) is 25.7 Å². The Hall–Kier alpha value is -0.200. The van der Waals surface area contributed by atoms with Gasteiger partial charge in [-0.2, -0.15) is 0 Å². The van der Waals surface area contributed by atoms with Crippen LogP contribution in [0.25, 0.3) is 0 Å². The number of nitrogens with two attached hydrogens (primary N) is 1. The third-order valence-corrected chi connectivity index (χ3v) is 4.82. The molecular weight excluding hydrogens is 244 g/mol. The molecule has 3 saturated heterocycles. The van der Waals surface area contributed by atoms with Crippen LogP contribution in [0.2, 0.25) is 0 Å². The quantitative estimate of drug-likeness (QED) is 0.786. The number of nitrogens with zero attached hydrogens (tertiary/aromatic N) is 1. The SMILES string of the molecule is NCC1CN(C2CCOC3(CCOCC3)C2)CCO1. The van der Waals surface area contributed by atoms with E-state index in [4.69, 9.17) is 19.9 Å². The molecule has 3 heterocycles. The fourth-order valence-electron chi connectivity index (χ4n) is 3.62. The van der Waals surface area contributed by atoms with Crippen molar-refractivity contribution in [1.29, 1.82) is 0 Å². The van der Waals surface area contributed by atoms with E-state index in [2.05, 4.69) is 4.90 Å². The Morgan fingerprint density at radius 2 is 2.00 bits per heavy atom. The van der Waals surface area contributed by atoms with Crippen molar-refractivity contribution >= 4 is 0 Å². The van der Waals surface area contributed by atoms with Crippen LogP contribution in [-0.4, -0.2) is 68.7 Å². The Kier molecular flexibility index (Phi) is 4.39. The molecule has 2 unspecified atom stereocenters. The smallest absolute Gasteiger partial charge is 0.0824 e. The highest BCUT2D eigenvalue weighted by Crippen LogP contribution is 2.36. The molecule has 3 rings (SSSR count). The van der Waals surface area contributed by atoms with Crippen LogP contribution in [0.15, 0.2) is 0 Å². The summed E-state index contributed by atoms with van der Waals surface area (Å²) in [4.78, 5) is 2.57. The summed E-state index contributed by atoms with van der Waals surface area (Å²) in [7, 11) is 0. The van der Waals surface area contributed by atoms with Crippen molar-refractivity contribution in [3.05, 3.63) is 0 Å². The first-order valence-electron chi connectivity index (χ1n) is 7.59. The van der Waals surface area contributed by atoms with Crippen molar-refractivity contribution in [1.82, 2.24) is 4.90 Å². The van der Waals surface area contributed by atoms with Crippen molar-refractivity contribution < 1.29 is 14.2 Å². The number of hydrogen-bond acceptors (Lipinski definition) is 5. The maximum absolute atomic E-state index is 6.12. The van der Waals surface area contributed by atoms with Gasteiger partial charge in [-0.25, -0.2) is 0 Å². The van der Waals surface area contributed by atoms with Crippen LogP contribution in [0.3, 0.4) is 0 Å². The molecule has 3 aliphatic heterocycles. The highest BCUT2D eigenvalue weighted by atomic mass is 16.5. The lowest BCUT2D eigenvalue weighted by molar-refractivity contribution is -0.159.